The quantitative estimate of drug-likeness (QED) is 0.860. The maximum atomic E-state index is 6.35. The average Bonchev–Trinajstić information content (AvgIpc) is 3.22. The third-order valence-electron chi connectivity index (χ3n) is 5.43. The molecule has 2 aromatic rings. The Morgan fingerprint density at radius 3 is 2.58 bits per heavy atom. The second-order valence-corrected chi connectivity index (χ2v) is 7.06. The van der Waals surface area contributed by atoms with Crippen LogP contribution in [0.25, 0.3) is 5.82 Å². The molecule has 0 atom stereocenters. The van der Waals surface area contributed by atoms with Crippen molar-refractivity contribution in [3.8, 4) is 5.82 Å². The highest BCUT2D eigenvalue weighted by Gasteiger charge is 2.24. The van der Waals surface area contributed by atoms with Crippen molar-refractivity contribution < 1.29 is 4.74 Å². The van der Waals surface area contributed by atoms with Gasteiger partial charge in [-0.2, -0.15) is 5.10 Å². The van der Waals surface area contributed by atoms with Crippen LogP contribution < -0.4 is 10.6 Å². The molecule has 0 unspecified atom stereocenters. The minimum absolute atomic E-state index is 0.600. The number of nitrogens with two attached hydrogens (primary N) is 1. The summed E-state index contributed by atoms with van der Waals surface area (Å²) in [5.74, 6) is 2.26. The summed E-state index contributed by atoms with van der Waals surface area (Å²) in [4.78, 5) is 13.5. The number of aromatic nitrogens is 4. The summed E-state index contributed by atoms with van der Waals surface area (Å²) in [6.45, 7) is 7.08. The second-order valence-electron chi connectivity index (χ2n) is 7.06. The number of hydrogen-bond acceptors (Lipinski definition) is 7. The fourth-order valence-corrected chi connectivity index (χ4v) is 3.83. The molecule has 0 saturated carbocycles. The number of rotatable bonds is 5. The Kier molecular flexibility index (Phi) is 5.31. The summed E-state index contributed by atoms with van der Waals surface area (Å²) in [7, 11) is 0. The first-order chi connectivity index (χ1) is 12.8. The number of nitrogen functional groups attached to an aromatic ring is 1. The lowest BCUT2D eigenvalue weighted by Crippen LogP contribution is -2.39. The highest BCUT2D eigenvalue weighted by Crippen LogP contribution is 2.29. The van der Waals surface area contributed by atoms with Crippen LogP contribution in [0.15, 0.2) is 24.8 Å². The van der Waals surface area contributed by atoms with Crippen LogP contribution in [0.4, 0.5) is 11.5 Å². The first kappa shape index (κ1) is 17.2. The first-order valence-corrected chi connectivity index (χ1v) is 9.47. The minimum Gasteiger partial charge on any atom is -0.393 e. The number of nitrogens with zero attached hydrogens (tertiary/aromatic N) is 6. The Morgan fingerprint density at radius 1 is 1.08 bits per heavy atom. The Morgan fingerprint density at radius 2 is 1.85 bits per heavy atom. The molecule has 2 saturated heterocycles. The van der Waals surface area contributed by atoms with Crippen molar-refractivity contribution in [1.82, 2.24) is 24.6 Å². The average molecular weight is 357 g/mol. The van der Waals surface area contributed by atoms with E-state index in [-0.39, 0.29) is 0 Å². The predicted molar refractivity (Wildman–Crippen MR) is 100 cm³/mol. The number of ether oxygens (including phenoxy) is 1. The molecule has 8 heteroatoms. The van der Waals surface area contributed by atoms with Crippen LogP contribution in [-0.4, -0.2) is 70.6 Å². The van der Waals surface area contributed by atoms with Crippen molar-refractivity contribution in [3.05, 3.63) is 24.8 Å². The molecular formula is C18H27N7O. The zero-order chi connectivity index (χ0) is 17.8. The van der Waals surface area contributed by atoms with Gasteiger partial charge in [-0.1, -0.05) is 0 Å². The molecule has 4 rings (SSSR count). The fraction of sp³-hybridized carbons (Fsp3) is 0.611. The Labute approximate surface area is 154 Å². The van der Waals surface area contributed by atoms with Crippen LogP contribution in [-0.2, 0) is 4.74 Å². The molecule has 140 valence electrons. The molecule has 0 aliphatic carbocycles. The van der Waals surface area contributed by atoms with E-state index in [1.165, 1.54) is 25.8 Å². The molecule has 4 heterocycles. The topological polar surface area (TPSA) is 85.3 Å². The van der Waals surface area contributed by atoms with Crippen molar-refractivity contribution in [2.24, 2.45) is 5.92 Å². The number of piperidine rings is 1. The molecule has 2 N–H and O–H groups in total. The van der Waals surface area contributed by atoms with E-state index >= 15 is 0 Å². The number of morpholine rings is 1. The Hall–Kier alpha value is -2.19. The molecular weight excluding hydrogens is 330 g/mol. The van der Waals surface area contributed by atoms with Gasteiger partial charge in [0.25, 0.3) is 0 Å². The van der Waals surface area contributed by atoms with E-state index in [0.29, 0.717) is 11.5 Å². The molecule has 8 nitrogen and oxygen atoms in total. The highest BCUT2D eigenvalue weighted by atomic mass is 16.5. The highest BCUT2D eigenvalue weighted by molar-refractivity contribution is 5.70. The Balaban J connectivity index is 1.34. The normalized spacial score (nSPS) is 19.8. The maximum absolute atomic E-state index is 6.35. The first-order valence-electron chi connectivity index (χ1n) is 9.47. The molecule has 0 amide bonds. The van der Waals surface area contributed by atoms with E-state index in [1.807, 2.05) is 12.3 Å². The van der Waals surface area contributed by atoms with Crippen molar-refractivity contribution >= 4 is 11.5 Å². The molecule has 2 aromatic heterocycles. The number of anilines is 2. The van der Waals surface area contributed by atoms with Gasteiger partial charge in [0.1, 0.15) is 12.0 Å². The molecule has 2 aliphatic heterocycles. The molecule has 0 aromatic carbocycles. The molecule has 2 fully saturated rings. The summed E-state index contributed by atoms with van der Waals surface area (Å²) in [5.41, 5.74) is 6.95. The molecule has 2 aliphatic rings. The summed E-state index contributed by atoms with van der Waals surface area (Å²) in [6.07, 6.45) is 8.79. The van der Waals surface area contributed by atoms with Gasteiger partial charge in [-0.15, -0.1) is 0 Å². The molecule has 0 spiro atoms. The standard InChI is InChI=1S/C18H27N7O/c19-16-17(20-14-21-18(16)25-6-1-5-22-25)24-8-3-15(4-9-24)2-7-23-10-12-26-13-11-23/h1,5-6,14-15H,2-4,7-13,19H2. The summed E-state index contributed by atoms with van der Waals surface area (Å²) in [6, 6.07) is 1.86. The van der Waals surface area contributed by atoms with Crippen molar-refractivity contribution in [1.29, 1.82) is 0 Å². The van der Waals surface area contributed by atoms with Gasteiger partial charge in [-0.25, -0.2) is 14.6 Å². The molecule has 0 bridgehead atoms. The van der Waals surface area contributed by atoms with Crippen LogP contribution in [0.1, 0.15) is 19.3 Å². The smallest absolute Gasteiger partial charge is 0.181 e. The summed E-state index contributed by atoms with van der Waals surface area (Å²) >= 11 is 0. The van der Waals surface area contributed by atoms with E-state index in [0.717, 1.165) is 51.1 Å². The van der Waals surface area contributed by atoms with Gasteiger partial charge in [0.2, 0.25) is 0 Å². The van der Waals surface area contributed by atoms with Crippen LogP contribution in [0, 0.1) is 5.92 Å². The zero-order valence-electron chi connectivity index (χ0n) is 15.1. The fourth-order valence-electron chi connectivity index (χ4n) is 3.83. The lowest BCUT2D eigenvalue weighted by molar-refractivity contribution is 0.0349. The van der Waals surface area contributed by atoms with E-state index in [9.17, 15) is 0 Å². The lowest BCUT2D eigenvalue weighted by Gasteiger charge is -2.35. The SMILES string of the molecule is Nc1c(N2CCC(CCN3CCOCC3)CC2)ncnc1-n1cccn1. The summed E-state index contributed by atoms with van der Waals surface area (Å²) in [5, 5.41) is 4.23. The summed E-state index contributed by atoms with van der Waals surface area (Å²) < 4.78 is 7.11. The van der Waals surface area contributed by atoms with Gasteiger partial charge >= 0.3 is 0 Å². The second kappa shape index (κ2) is 8.01. The van der Waals surface area contributed by atoms with Crippen molar-refractivity contribution in [2.45, 2.75) is 19.3 Å². The Bertz CT molecular complexity index is 692. The zero-order valence-corrected chi connectivity index (χ0v) is 15.1. The van der Waals surface area contributed by atoms with Gasteiger partial charge in [-0.05, 0) is 37.8 Å². The van der Waals surface area contributed by atoms with E-state index < -0.39 is 0 Å². The van der Waals surface area contributed by atoms with Gasteiger partial charge in [0, 0.05) is 38.6 Å². The van der Waals surface area contributed by atoms with Gasteiger partial charge in [0.05, 0.1) is 13.2 Å². The lowest BCUT2D eigenvalue weighted by atomic mass is 9.93. The predicted octanol–water partition coefficient (Wildman–Crippen LogP) is 1.18. The van der Waals surface area contributed by atoms with Crippen LogP contribution in [0.5, 0.6) is 0 Å². The van der Waals surface area contributed by atoms with Crippen molar-refractivity contribution in [2.75, 3.05) is 56.6 Å². The largest absolute Gasteiger partial charge is 0.393 e. The van der Waals surface area contributed by atoms with Crippen LogP contribution >= 0.6 is 0 Å². The van der Waals surface area contributed by atoms with E-state index in [2.05, 4.69) is 24.9 Å². The third-order valence-corrected chi connectivity index (χ3v) is 5.43. The van der Waals surface area contributed by atoms with Crippen LogP contribution in [0.2, 0.25) is 0 Å². The van der Waals surface area contributed by atoms with E-state index in [4.69, 9.17) is 10.5 Å². The minimum atomic E-state index is 0.600. The van der Waals surface area contributed by atoms with Gasteiger partial charge in [0.15, 0.2) is 11.6 Å². The molecule has 26 heavy (non-hydrogen) atoms. The van der Waals surface area contributed by atoms with Crippen molar-refractivity contribution in [3.63, 3.8) is 0 Å². The van der Waals surface area contributed by atoms with Gasteiger partial charge < -0.3 is 15.4 Å². The van der Waals surface area contributed by atoms with Crippen LogP contribution in [0.3, 0.4) is 0 Å². The number of hydrogen-bond donors (Lipinski definition) is 1. The van der Waals surface area contributed by atoms with E-state index in [1.54, 1.807) is 17.2 Å². The third kappa shape index (κ3) is 3.81. The van der Waals surface area contributed by atoms with Gasteiger partial charge in [-0.3, -0.25) is 4.90 Å². The monoisotopic (exact) mass is 357 g/mol. The maximum Gasteiger partial charge on any atom is 0.181 e. The molecule has 0 radical (unpaired) electrons.